The quantitative estimate of drug-likeness (QED) is 0.460. The van der Waals surface area contributed by atoms with Crippen LogP contribution in [-0.2, 0) is 19.8 Å². The first kappa shape index (κ1) is 19.8. The highest BCUT2D eigenvalue weighted by Crippen LogP contribution is 2.25. The molecule has 0 aliphatic carbocycles. The van der Waals surface area contributed by atoms with Crippen LogP contribution in [0.25, 0.3) is 34.2 Å². The summed E-state index contributed by atoms with van der Waals surface area (Å²) in [6.07, 6.45) is 0. The fraction of sp³-hybridized carbons (Fsp3) is 0.125. The molecular weight excluding hydrogens is 378 g/mol. The lowest BCUT2D eigenvalue weighted by atomic mass is 10.1. The SMILES string of the molecule is OCc1ccc(-c2nc(-c3ccc(CO)cc3)nc(-c3ccc(CO)cc3)n2)cc1. The first-order chi connectivity index (χ1) is 14.7. The van der Waals surface area contributed by atoms with Gasteiger partial charge in [-0.25, -0.2) is 15.0 Å². The molecule has 0 aliphatic heterocycles. The van der Waals surface area contributed by atoms with E-state index in [1.165, 1.54) is 0 Å². The molecule has 3 N–H and O–H groups in total. The number of aliphatic hydroxyl groups is 3. The van der Waals surface area contributed by atoms with E-state index in [0.717, 1.165) is 33.4 Å². The summed E-state index contributed by atoms with van der Waals surface area (Å²) in [4.78, 5) is 14.0. The van der Waals surface area contributed by atoms with Crippen LogP contribution in [-0.4, -0.2) is 30.3 Å². The van der Waals surface area contributed by atoms with Crippen molar-refractivity contribution in [3.8, 4) is 34.2 Å². The van der Waals surface area contributed by atoms with Crippen molar-refractivity contribution >= 4 is 0 Å². The molecule has 0 amide bonds. The average Bonchev–Trinajstić information content (AvgIpc) is 2.84. The van der Waals surface area contributed by atoms with Crippen molar-refractivity contribution in [2.75, 3.05) is 0 Å². The Morgan fingerprint density at radius 3 is 0.833 bits per heavy atom. The van der Waals surface area contributed by atoms with Gasteiger partial charge in [0.1, 0.15) is 0 Å². The molecule has 0 spiro atoms. The number of nitrogens with zero attached hydrogens (tertiary/aromatic N) is 3. The van der Waals surface area contributed by atoms with Crippen molar-refractivity contribution in [3.63, 3.8) is 0 Å². The lowest BCUT2D eigenvalue weighted by Gasteiger charge is -2.09. The maximum Gasteiger partial charge on any atom is 0.164 e. The van der Waals surface area contributed by atoms with Crippen molar-refractivity contribution in [2.24, 2.45) is 0 Å². The summed E-state index contributed by atoms with van der Waals surface area (Å²) >= 11 is 0. The molecule has 1 heterocycles. The van der Waals surface area contributed by atoms with E-state index < -0.39 is 0 Å². The van der Waals surface area contributed by atoms with Gasteiger partial charge in [-0.1, -0.05) is 72.8 Å². The summed E-state index contributed by atoms with van der Waals surface area (Å²) in [6.45, 7) is -0.0762. The number of aliphatic hydroxyl groups excluding tert-OH is 3. The van der Waals surface area contributed by atoms with Crippen LogP contribution < -0.4 is 0 Å². The second-order valence-electron chi connectivity index (χ2n) is 6.87. The molecular formula is C24H21N3O3. The van der Waals surface area contributed by atoms with E-state index in [0.29, 0.717) is 17.5 Å². The molecule has 0 aliphatic rings. The van der Waals surface area contributed by atoms with Crippen molar-refractivity contribution < 1.29 is 15.3 Å². The van der Waals surface area contributed by atoms with Crippen molar-refractivity contribution in [2.45, 2.75) is 19.8 Å². The van der Waals surface area contributed by atoms with E-state index in [2.05, 4.69) is 15.0 Å². The number of rotatable bonds is 6. The Morgan fingerprint density at radius 1 is 0.400 bits per heavy atom. The summed E-state index contributed by atoms with van der Waals surface area (Å²) in [5.74, 6) is 1.57. The van der Waals surface area contributed by atoms with Crippen LogP contribution in [0.1, 0.15) is 16.7 Å². The minimum atomic E-state index is -0.0254. The Kier molecular flexibility index (Phi) is 5.90. The van der Waals surface area contributed by atoms with Crippen LogP contribution in [0.4, 0.5) is 0 Å². The van der Waals surface area contributed by atoms with Crippen molar-refractivity contribution in [3.05, 3.63) is 89.5 Å². The zero-order valence-corrected chi connectivity index (χ0v) is 16.2. The topological polar surface area (TPSA) is 99.4 Å². The molecule has 30 heavy (non-hydrogen) atoms. The zero-order chi connectivity index (χ0) is 20.9. The van der Waals surface area contributed by atoms with E-state index in [4.69, 9.17) is 0 Å². The number of aromatic nitrogens is 3. The lowest BCUT2D eigenvalue weighted by Crippen LogP contribution is -2.00. The standard InChI is InChI=1S/C24H21N3O3/c28-13-16-1-7-19(8-2-16)22-25-23(20-9-3-17(14-29)4-10-20)27-24(26-22)21-11-5-18(15-30)6-12-21/h1-12,28-30H,13-15H2. The molecule has 0 atom stereocenters. The highest BCUT2D eigenvalue weighted by molar-refractivity contribution is 5.66. The van der Waals surface area contributed by atoms with Gasteiger partial charge in [0.05, 0.1) is 19.8 Å². The van der Waals surface area contributed by atoms with Crippen molar-refractivity contribution in [1.82, 2.24) is 15.0 Å². The van der Waals surface area contributed by atoms with Gasteiger partial charge >= 0.3 is 0 Å². The zero-order valence-electron chi connectivity index (χ0n) is 16.2. The molecule has 0 saturated heterocycles. The van der Waals surface area contributed by atoms with E-state index >= 15 is 0 Å². The second kappa shape index (κ2) is 8.92. The van der Waals surface area contributed by atoms with Crippen LogP contribution >= 0.6 is 0 Å². The molecule has 150 valence electrons. The van der Waals surface area contributed by atoms with Crippen LogP contribution in [0, 0.1) is 0 Å². The van der Waals surface area contributed by atoms with Crippen molar-refractivity contribution in [1.29, 1.82) is 0 Å². The third kappa shape index (κ3) is 4.26. The normalized spacial score (nSPS) is 10.9. The van der Waals surface area contributed by atoms with Gasteiger partial charge in [-0.3, -0.25) is 0 Å². The fourth-order valence-electron chi connectivity index (χ4n) is 3.04. The predicted octanol–water partition coefficient (Wildman–Crippen LogP) is 3.35. The Hall–Kier alpha value is -3.45. The van der Waals surface area contributed by atoms with E-state index in [9.17, 15) is 15.3 Å². The Labute approximate surface area is 174 Å². The molecule has 6 heteroatoms. The summed E-state index contributed by atoms with van der Waals surface area (Å²) < 4.78 is 0. The Balaban J connectivity index is 1.83. The molecule has 0 bridgehead atoms. The fourth-order valence-corrected chi connectivity index (χ4v) is 3.04. The van der Waals surface area contributed by atoms with Crippen LogP contribution in [0.15, 0.2) is 72.8 Å². The predicted molar refractivity (Wildman–Crippen MR) is 114 cm³/mol. The Bertz CT molecular complexity index is 967. The van der Waals surface area contributed by atoms with Gasteiger partial charge in [0.25, 0.3) is 0 Å². The summed E-state index contributed by atoms with van der Waals surface area (Å²) in [5.41, 5.74) is 4.88. The van der Waals surface area contributed by atoms with Crippen LogP contribution in [0.5, 0.6) is 0 Å². The third-order valence-corrected chi connectivity index (χ3v) is 4.82. The van der Waals surface area contributed by atoms with Gasteiger partial charge in [-0.05, 0) is 16.7 Å². The van der Waals surface area contributed by atoms with Gasteiger partial charge in [0, 0.05) is 16.7 Å². The minimum absolute atomic E-state index is 0.0254. The van der Waals surface area contributed by atoms with Gasteiger partial charge in [0.15, 0.2) is 17.5 Å². The van der Waals surface area contributed by atoms with E-state index in [1.807, 2.05) is 72.8 Å². The number of hydrogen-bond donors (Lipinski definition) is 3. The van der Waals surface area contributed by atoms with Gasteiger partial charge in [-0.15, -0.1) is 0 Å². The molecule has 4 rings (SSSR count). The largest absolute Gasteiger partial charge is 0.392 e. The minimum Gasteiger partial charge on any atom is -0.392 e. The van der Waals surface area contributed by atoms with E-state index in [-0.39, 0.29) is 19.8 Å². The third-order valence-electron chi connectivity index (χ3n) is 4.82. The summed E-state index contributed by atoms with van der Waals surface area (Å²) in [7, 11) is 0. The molecule has 0 saturated carbocycles. The molecule has 0 fully saturated rings. The molecule has 6 nitrogen and oxygen atoms in total. The highest BCUT2D eigenvalue weighted by atomic mass is 16.3. The summed E-state index contributed by atoms with van der Waals surface area (Å²) in [5, 5.41) is 27.9. The average molecular weight is 399 g/mol. The van der Waals surface area contributed by atoms with E-state index in [1.54, 1.807) is 0 Å². The summed E-state index contributed by atoms with van der Waals surface area (Å²) in [6, 6.07) is 22.3. The first-order valence-corrected chi connectivity index (χ1v) is 9.57. The molecule has 4 aromatic rings. The van der Waals surface area contributed by atoms with Crippen LogP contribution in [0.2, 0.25) is 0 Å². The van der Waals surface area contributed by atoms with Crippen LogP contribution in [0.3, 0.4) is 0 Å². The highest BCUT2D eigenvalue weighted by Gasteiger charge is 2.12. The maximum absolute atomic E-state index is 9.29. The van der Waals surface area contributed by atoms with Gasteiger partial charge in [0.2, 0.25) is 0 Å². The van der Waals surface area contributed by atoms with Gasteiger partial charge < -0.3 is 15.3 Å². The second-order valence-corrected chi connectivity index (χ2v) is 6.87. The molecule has 0 radical (unpaired) electrons. The lowest BCUT2D eigenvalue weighted by molar-refractivity contribution is 0.281. The smallest absolute Gasteiger partial charge is 0.164 e. The first-order valence-electron chi connectivity index (χ1n) is 9.57. The molecule has 1 aromatic heterocycles. The molecule has 0 unspecified atom stereocenters. The van der Waals surface area contributed by atoms with Gasteiger partial charge in [-0.2, -0.15) is 0 Å². The Morgan fingerprint density at radius 2 is 0.633 bits per heavy atom. The maximum atomic E-state index is 9.29. The monoisotopic (exact) mass is 399 g/mol. The number of hydrogen-bond acceptors (Lipinski definition) is 6. The number of benzene rings is 3. The molecule has 3 aromatic carbocycles.